The fraction of sp³-hybridized carbons (Fsp3) is 0.364. The second-order valence-corrected chi connectivity index (χ2v) is 9.41. The molecule has 0 radical (unpaired) electrons. The summed E-state index contributed by atoms with van der Waals surface area (Å²) in [6.45, 7) is 6.72. The van der Waals surface area contributed by atoms with E-state index in [1.807, 2.05) is 0 Å². The lowest BCUT2D eigenvalue weighted by Crippen LogP contribution is -2.26. The monoisotopic (exact) mass is 409 g/mol. The van der Waals surface area contributed by atoms with Gasteiger partial charge in [-0.1, -0.05) is 32.9 Å². The van der Waals surface area contributed by atoms with Crippen molar-refractivity contribution >= 4 is 34.0 Å². The first-order chi connectivity index (χ1) is 13.7. The number of nitrogens with one attached hydrogen (secondary N) is 1. The van der Waals surface area contributed by atoms with Crippen molar-refractivity contribution in [1.29, 1.82) is 5.26 Å². The number of hydrogen-bond donors (Lipinski definition) is 1. The first-order valence-electron chi connectivity index (χ1n) is 9.47. The van der Waals surface area contributed by atoms with Gasteiger partial charge in [0.2, 0.25) is 5.91 Å². The molecule has 7 heteroatoms. The molecule has 0 aliphatic heterocycles. The summed E-state index contributed by atoms with van der Waals surface area (Å²) in [5.74, 6) is 0.191. The predicted octanol–water partition coefficient (Wildman–Crippen LogP) is 5.33. The van der Waals surface area contributed by atoms with Crippen molar-refractivity contribution in [3.63, 3.8) is 0 Å². The Bertz CT molecular complexity index is 1020. The summed E-state index contributed by atoms with van der Waals surface area (Å²) in [7, 11) is 0. The minimum atomic E-state index is -0.475. The van der Waals surface area contributed by atoms with Crippen molar-refractivity contribution in [1.82, 2.24) is 0 Å². The molecule has 29 heavy (non-hydrogen) atoms. The van der Waals surface area contributed by atoms with Crippen molar-refractivity contribution in [2.45, 2.75) is 40.0 Å². The van der Waals surface area contributed by atoms with Crippen LogP contribution in [0.4, 0.5) is 10.7 Å². The molecule has 2 aromatic rings. The number of carbonyl (C=O) groups is 1. The second kappa shape index (κ2) is 8.18. The standard InChI is InChI=1S/C22H23N3O3S/c1-22(2,3)15-8-9-17-18(13-23)21(29-19(17)12-15)24-20(26)10-7-14-5-4-6-16(11-14)25(27)28/h4-7,10-11,15H,8-9,12H2,1-3H3,(H,24,26)/b10-7+. The Morgan fingerprint density at radius 3 is 2.83 bits per heavy atom. The largest absolute Gasteiger partial charge is 0.313 e. The molecule has 1 atom stereocenters. The topological polar surface area (TPSA) is 96.0 Å². The molecular formula is C22H23N3O3S. The minimum Gasteiger partial charge on any atom is -0.313 e. The maximum Gasteiger partial charge on any atom is 0.270 e. The molecule has 0 saturated carbocycles. The smallest absolute Gasteiger partial charge is 0.270 e. The average Bonchev–Trinajstić information content (AvgIpc) is 3.01. The summed E-state index contributed by atoms with van der Waals surface area (Å²) in [4.78, 5) is 23.9. The number of hydrogen-bond acceptors (Lipinski definition) is 5. The van der Waals surface area contributed by atoms with Crippen LogP contribution in [0.15, 0.2) is 30.3 Å². The van der Waals surface area contributed by atoms with E-state index in [9.17, 15) is 20.2 Å². The molecule has 0 spiro atoms. The van der Waals surface area contributed by atoms with E-state index < -0.39 is 4.92 Å². The summed E-state index contributed by atoms with van der Waals surface area (Å²) in [6.07, 6.45) is 5.68. The summed E-state index contributed by atoms with van der Waals surface area (Å²) >= 11 is 1.49. The van der Waals surface area contributed by atoms with Gasteiger partial charge in [0.1, 0.15) is 11.1 Å². The first-order valence-corrected chi connectivity index (χ1v) is 10.3. The fourth-order valence-electron chi connectivity index (χ4n) is 3.60. The van der Waals surface area contributed by atoms with Crippen LogP contribution in [0.5, 0.6) is 0 Å². The number of amides is 1. The molecule has 1 amide bonds. The quantitative estimate of drug-likeness (QED) is 0.419. The number of anilines is 1. The van der Waals surface area contributed by atoms with Gasteiger partial charge in [-0.15, -0.1) is 11.3 Å². The number of nitrogens with zero attached hydrogens (tertiary/aromatic N) is 2. The van der Waals surface area contributed by atoms with E-state index in [-0.39, 0.29) is 17.0 Å². The Kier molecular flexibility index (Phi) is 5.85. The maximum atomic E-state index is 12.4. The Labute approximate surface area is 174 Å². The molecule has 3 rings (SSSR count). The highest BCUT2D eigenvalue weighted by Crippen LogP contribution is 2.43. The Morgan fingerprint density at radius 1 is 1.41 bits per heavy atom. The van der Waals surface area contributed by atoms with Gasteiger partial charge >= 0.3 is 0 Å². The summed E-state index contributed by atoms with van der Waals surface area (Å²) in [5, 5.41) is 23.9. The van der Waals surface area contributed by atoms with E-state index in [2.05, 4.69) is 32.2 Å². The van der Waals surface area contributed by atoms with Gasteiger partial charge < -0.3 is 5.32 Å². The van der Waals surface area contributed by atoms with E-state index >= 15 is 0 Å². The number of nitriles is 1. The molecule has 0 bridgehead atoms. The summed E-state index contributed by atoms with van der Waals surface area (Å²) < 4.78 is 0. The highest BCUT2D eigenvalue weighted by molar-refractivity contribution is 7.16. The van der Waals surface area contributed by atoms with E-state index in [1.54, 1.807) is 12.1 Å². The molecular weight excluding hydrogens is 386 g/mol. The van der Waals surface area contributed by atoms with Crippen LogP contribution >= 0.6 is 11.3 Å². The lowest BCUT2D eigenvalue weighted by molar-refractivity contribution is -0.384. The maximum absolute atomic E-state index is 12.4. The highest BCUT2D eigenvalue weighted by Gasteiger charge is 2.32. The van der Waals surface area contributed by atoms with Gasteiger partial charge in [0.25, 0.3) is 5.69 Å². The SMILES string of the molecule is CC(C)(C)C1CCc2c(sc(NC(=O)/C=C/c3cccc([N+](=O)[O-])c3)c2C#N)C1. The number of nitro benzene ring substituents is 1. The third-order valence-electron chi connectivity index (χ3n) is 5.35. The predicted molar refractivity (Wildman–Crippen MR) is 115 cm³/mol. The molecule has 150 valence electrons. The van der Waals surface area contributed by atoms with Crippen molar-refractivity contribution in [3.8, 4) is 6.07 Å². The van der Waals surface area contributed by atoms with Crippen LogP contribution in [-0.2, 0) is 17.6 Å². The summed E-state index contributed by atoms with van der Waals surface area (Å²) in [5.41, 5.74) is 2.37. The Hall–Kier alpha value is -2.98. The molecule has 0 fully saturated rings. The van der Waals surface area contributed by atoms with Gasteiger partial charge in [0.15, 0.2) is 0 Å². The molecule has 1 heterocycles. The van der Waals surface area contributed by atoms with Gasteiger partial charge in [-0.2, -0.15) is 5.26 Å². The van der Waals surface area contributed by atoms with Crippen molar-refractivity contribution in [2.24, 2.45) is 11.3 Å². The molecule has 0 saturated heterocycles. The molecule has 6 nitrogen and oxygen atoms in total. The van der Waals surface area contributed by atoms with Gasteiger partial charge in [-0.25, -0.2) is 0 Å². The third kappa shape index (κ3) is 4.72. The molecule has 1 aliphatic rings. The highest BCUT2D eigenvalue weighted by atomic mass is 32.1. The molecule has 1 aliphatic carbocycles. The van der Waals surface area contributed by atoms with E-state index in [0.717, 1.165) is 24.8 Å². The first kappa shape index (κ1) is 20.7. The van der Waals surface area contributed by atoms with Crippen molar-refractivity contribution in [2.75, 3.05) is 5.32 Å². The number of non-ortho nitro benzene ring substituents is 1. The van der Waals surface area contributed by atoms with Crippen LogP contribution in [0.3, 0.4) is 0 Å². The van der Waals surface area contributed by atoms with Crippen molar-refractivity contribution < 1.29 is 9.72 Å². The zero-order valence-electron chi connectivity index (χ0n) is 16.7. The number of nitro groups is 1. The summed E-state index contributed by atoms with van der Waals surface area (Å²) in [6, 6.07) is 8.32. The van der Waals surface area contributed by atoms with Crippen LogP contribution in [-0.4, -0.2) is 10.8 Å². The van der Waals surface area contributed by atoms with Gasteiger partial charge in [0, 0.05) is 23.1 Å². The van der Waals surface area contributed by atoms with Crippen molar-refractivity contribution in [3.05, 3.63) is 62.0 Å². The number of thiophene rings is 1. The zero-order chi connectivity index (χ0) is 21.2. The lowest BCUT2D eigenvalue weighted by atomic mass is 9.72. The number of fused-ring (bicyclic) bond motifs is 1. The minimum absolute atomic E-state index is 0.0290. The molecule has 1 N–H and O–H groups in total. The van der Waals surface area contributed by atoms with Gasteiger partial charge in [0.05, 0.1) is 10.5 Å². The van der Waals surface area contributed by atoms with Crippen LogP contribution in [0, 0.1) is 32.8 Å². The Balaban J connectivity index is 1.76. The number of carbonyl (C=O) groups excluding carboxylic acids is 1. The Morgan fingerprint density at radius 2 is 2.17 bits per heavy atom. The van der Waals surface area contributed by atoms with E-state index in [1.165, 1.54) is 40.5 Å². The molecule has 1 aromatic heterocycles. The molecule has 1 aromatic carbocycles. The van der Waals surface area contributed by atoms with Crippen LogP contribution in [0.1, 0.15) is 48.8 Å². The second-order valence-electron chi connectivity index (χ2n) is 8.30. The van der Waals surface area contributed by atoms with E-state index in [4.69, 9.17) is 0 Å². The van der Waals surface area contributed by atoms with Gasteiger partial charge in [-0.3, -0.25) is 14.9 Å². The normalized spacial score (nSPS) is 16.3. The number of benzene rings is 1. The fourth-order valence-corrected chi connectivity index (χ4v) is 4.88. The zero-order valence-corrected chi connectivity index (χ0v) is 17.5. The van der Waals surface area contributed by atoms with Crippen LogP contribution in [0.25, 0.3) is 6.08 Å². The van der Waals surface area contributed by atoms with Crippen LogP contribution in [0.2, 0.25) is 0 Å². The van der Waals surface area contributed by atoms with E-state index in [0.29, 0.717) is 22.0 Å². The average molecular weight is 410 g/mol. The van der Waals surface area contributed by atoms with Gasteiger partial charge in [-0.05, 0) is 47.8 Å². The number of rotatable bonds is 4. The third-order valence-corrected chi connectivity index (χ3v) is 6.52. The molecule has 1 unspecified atom stereocenters. The van der Waals surface area contributed by atoms with Crippen LogP contribution < -0.4 is 5.32 Å². The lowest BCUT2D eigenvalue weighted by Gasteiger charge is -2.33.